The molecule has 1 amide bonds. The third-order valence-corrected chi connectivity index (χ3v) is 6.81. The van der Waals surface area contributed by atoms with E-state index in [0.717, 1.165) is 34.5 Å². The van der Waals surface area contributed by atoms with Crippen molar-refractivity contribution >= 4 is 39.2 Å². The van der Waals surface area contributed by atoms with E-state index in [1.165, 1.54) is 11.8 Å². The predicted octanol–water partition coefficient (Wildman–Crippen LogP) is 3.51. The molecule has 0 unspecified atom stereocenters. The summed E-state index contributed by atoms with van der Waals surface area (Å²) in [5, 5.41) is 4.14. The minimum Gasteiger partial charge on any atom is -0.385 e. The number of benzene rings is 1. The molecule has 6 nitrogen and oxygen atoms in total. The highest BCUT2D eigenvalue weighted by molar-refractivity contribution is 7.99. The van der Waals surface area contributed by atoms with Gasteiger partial charge in [0.2, 0.25) is 5.91 Å². The number of hydrogen-bond acceptors (Lipinski definition) is 6. The van der Waals surface area contributed by atoms with E-state index in [2.05, 4.69) is 24.4 Å². The SMILES string of the molecule is CCc1cc2c(=O)n(CCc3ccccc3)c(SCC(=O)NCCCOC)nc2s1. The molecule has 0 fully saturated rings. The standard InChI is InChI=1S/C22H27N3O3S2/c1-3-17-14-18-20(30-17)24-22(29-15-19(26)23-11-7-13-28-2)25(21(18)27)12-10-16-8-5-4-6-9-16/h4-6,8-9,14H,3,7,10-13,15H2,1-2H3,(H,23,26). The van der Waals surface area contributed by atoms with Crippen LogP contribution < -0.4 is 10.9 Å². The number of nitrogens with zero attached hydrogens (tertiary/aromatic N) is 2. The van der Waals surface area contributed by atoms with Crippen molar-refractivity contribution in [1.82, 2.24) is 14.9 Å². The van der Waals surface area contributed by atoms with E-state index < -0.39 is 0 Å². The number of methoxy groups -OCH3 is 1. The molecule has 0 aliphatic carbocycles. The monoisotopic (exact) mass is 445 g/mol. The molecule has 1 N–H and O–H groups in total. The third kappa shape index (κ3) is 5.93. The topological polar surface area (TPSA) is 73.2 Å². The Morgan fingerprint density at radius 1 is 1.30 bits per heavy atom. The van der Waals surface area contributed by atoms with Gasteiger partial charge in [-0.25, -0.2) is 4.98 Å². The summed E-state index contributed by atoms with van der Waals surface area (Å²) in [6, 6.07) is 12.0. The number of fused-ring (bicyclic) bond motifs is 1. The van der Waals surface area contributed by atoms with Gasteiger partial charge in [0.05, 0.1) is 11.1 Å². The Labute approximate surface area is 184 Å². The first-order valence-electron chi connectivity index (χ1n) is 10.1. The molecule has 0 aliphatic heterocycles. The van der Waals surface area contributed by atoms with Gasteiger partial charge in [0.25, 0.3) is 5.56 Å². The van der Waals surface area contributed by atoms with Crippen LogP contribution in [0.1, 0.15) is 23.8 Å². The van der Waals surface area contributed by atoms with Gasteiger partial charge >= 0.3 is 0 Å². The molecule has 3 rings (SSSR count). The number of amides is 1. The molecule has 0 saturated carbocycles. The second-order valence-electron chi connectivity index (χ2n) is 6.86. The highest BCUT2D eigenvalue weighted by Crippen LogP contribution is 2.25. The summed E-state index contributed by atoms with van der Waals surface area (Å²) in [6.45, 7) is 3.79. The molecule has 0 aliphatic rings. The fraction of sp³-hybridized carbons (Fsp3) is 0.409. The molecule has 3 aromatic rings. The molecular formula is C22H27N3O3S2. The van der Waals surface area contributed by atoms with Crippen LogP contribution >= 0.6 is 23.1 Å². The Morgan fingerprint density at radius 2 is 2.10 bits per heavy atom. The number of aryl methyl sites for hydroxylation is 2. The van der Waals surface area contributed by atoms with E-state index in [1.807, 2.05) is 24.3 Å². The molecule has 0 atom stereocenters. The molecule has 0 spiro atoms. The van der Waals surface area contributed by atoms with Crippen LogP contribution in [0.3, 0.4) is 0 Å². The lowest BCUT2D eigenvalue weighted by Crippen LogP contribution is -2.28. The van der Waals surface area contributed by atoms with Gasteiger partial charge in [-0.05, 0) is 30.9 Å². The zero-order valence-electron chi connectivity index (χ0n) is 17.3. The maximum atomic E-state index is 13.2. The Balaban J connectivity index is 1.79. The number of aromatic nitrogens is 2. The predicted molar refractivity (Wildman–Crippen MR) is 124 cm³/mol. The summed E-state index contributed by atoms with van der Waals surface area (Å²) in [5.74, 6) is 0.155. The fourth-order valence-electron chi connectivity index (χ4n) is 3.04. The lowest BCUT2D eigenvalue weighted by Gasteiger charge is -2.12. The maximum absolute atomic E-state index is 13.2. The van der Waals surface area contributed by atoms with E-state index in [-0.39, 0.29) is 17.2 Å². The van der Waals surface area contributed by atoms with Gasteiger partial charge in [-0.15, -0.1) is 11.3 Å². The highest BCUT2D eigenvalue weighted by atomic mass is 32.2. The summed E-state index contributed by atoms with van der Waals surface area (Å²) in [5.41, 5.74) is 1.13. The van der Waals surface area contributed by atoms with Crippen LogP contribution in [0.25, 0.3) is 10.2 Å². The van der Waals surface area contributed by atoms with Gasteiger partial charge < -0.3 is 10.1 Å². The first kappa shape index (κ1) is 22.5. The van der Waals surface area contributed by atoms with Crippen LogP contribution in [0.2, 0.25) is 0 Å². The number of nitrogens with one attached hydrogen (secondary N) is 1. The largest absolute Gasteiger partial charge is 0.385 e. The smallest absolute Gasteiger partial charge is 0.262 e. The number of ether oxygens (including phenoxy) is 1. The van der Waals surface area contributed by atoms with Crippen LogP contribution in [0.4, 0.5) is 0 Å². The van der Waals surface area contributed by atoms with Gasteiger partial charge in [-0.1, -0.05) is 49.0 Å². The van der Waals surface area contributed by atoms with Crippen LogP contribution in [0.15, 0.2) is 46.3 Å². The number of thioether (sulfide) groups is 1. The van der Waals surface area contributed by atoms with Gasteiger partial charge in [-0.3, -0.25) is 14.2 Å². The first-order chi connectivity index (χ1) is 14.6. The number of thiophene rings is 1. The summed E-state index contributed by atoms with van der Waals surface area (Å²) < 4.78 is 6.71. The van der Waals surface area contributed by atoms with E-state index in [9.17, 15) is 9.59 Å². The zero-order valence-corrected chi connectivity index (χ0v) is 19.0. The van der Waals surface area contributed by atoms with Crippen molar-refractivity contribution in [2.45, 2.75) is 37.9 Å². The molecular weight excluding hydrogens is 418 g/mol. The Kier molecular flexibility index (Phi) is 8.48. The van der Waals surface area contributed by atoms with Crippen molar-refractivity contribution in [3.05, 3.63) is 57.2 Å². The molecule has 1 aromatic carbocycles. The quantitative estimate of drug-likeness (QED) is 0.278. The second-order valence-corrected chi connectivity index (χ2v) is 8.91. The summed E-state index contributed by atoms with van der Waals surface area (Å²) >= 11 is 2.87. The molecule has 0 saturated heterocycles. The Bertz CT molecular complexity index is 1030. The normalized spacial score (nSPS) is 11.1. The van der Waals surface area contributed by atoms with Crippen LogP contribution in [0, 0.1) is 0 Å². The van der Waals surface area contributed by atoms with Crippen molar-refractivity contribution in [3.8, 4) is 0 Å². The molecule has 160 valence electrons. The first-order valence-corrected chi connectivity index (χ1v) is 11.9. The molecule has 0 radical (unpaired) electrons. The summed E-state index contributed by atoms with van der Waals surface area (Å²) in [6.07, 6.45) is 2.38. The Hall–Kier alpha value is -2.16. The van der Waals surface area contributed by atoms with Crippen LogP contribution in [0.5, 0.6) is 0 Å². The fourth-order valence-corrected chi connectivity index (χ4v) is 4.90. The summed E-state index contributed by atoms with van der Waals surface area (Å²) in [4.78, 5) is 32.0. The van der Waals surface area contributed by atoms with Crippen molar-refractivity contribution in [2.75, 3.05) is 26.0 Å². The van der Waals surface area contributed by atoms with Gasteiger partial charge in [0, 0.05) is 31.7 Å². The van der Waals surface area contributed by atoms with Gasteiger partial charge in [-0.2, -0.15) is 0 Å². The van der Waals surface area contributed by atoms with E-state index in [1.54, 1.807) is 23.0 Å². The van der Waals surface area contributed by atoms with Crippen molar-refractivity contribution in [2.24, 2.45) is 0 Å². The lowest BCUT2D eigenvalue weighted by atomic mass is 10.1. The van der Waals surface area contributed by atoms with Gasteiger partial charge in [0.15, 0.2) is 5.16 Å². The summed E-state index contributed by atoms with van der Waals surface area (Å²) in [7, 11) is 1.64. The minimum atomic E-state index is -0.0690. The Morgan fingerprint density at radius 3 is 2.83 bits per heavy atom. The van der Waals surface area contributed by atoms with E-state index >= 15 is 0 Å². The molecule has 2 heterocycles. The molecule has 0 bridgehead atoms. The number of rotatable bonds is 11. The molecule has 2 aromatic heterocycles. The maximum Gasteiger partial charge on any atom is 0.262 e. The van der Waals surface area contributed by atoms with E-state index in [4.69, 9.17) is 9.72 Å². The third-order valence-electron chi connectivity index (χ3n) is 4.66. The molecule has 8 heteroatoms. The number of carbonyl (C=O) groups excluding carboxylic acids is 1. The lowest BCUT2D eigenvalue weighted by molar-refractivity contribution is -0.118. The van der Waals surface area contributed by atoms with Crippen LogP contribution in [-0.2, 0) is 28.9 Å². The van der Waals surface area contributed by atoms with Crippen molar-refractivity contribution < 1.29 is 9.53 Å². The highest BCUT2D eigenvalue weighted by Gasteiger charge is 2.15. The second kappa shape index (κ2) is 11.3. The number of carbonyl (C=O) groups is 1. The minimum absolute atomic E-state index is 0.0325. The van der Waals surface area contributed by atoms with Crippen molar-refractivity contribution in [1.29, 1.82) is 0 Å². The number of hydrogen-bond donors (Lipinski definition) is 1. The average molecular weight is 446 g/mol. The molecule has 30 heavy (non-hydrogen) atoms. The average Bonchev–Trinajstić information content (AvgIpc) is 3.19. The van der Waals surface area contributed by atoms with Gasteiger partial charge in [0.1, 0.15) is 4.83 Å². The van der Waals surface area contributed by atoms with Crippen molar-refractivity contribution in [3.63, 3.8) is 0 Å². The van der Waals surface area contributed by atoms with E-state index in [0.29, 0.717) is 30.2 Å². The zero-order chi connectivity index (χ0) is 21.3. The van der Waals surface area contributed by atoms with Crippen LogP contribution in [-0.4, -0.2) is 41.5 Å².